The lowest BCUT2D eigenvalue weighted by molar-refractivity contribution is -0.402. The summed E-state index contributed by atoms with van der Waals surface area (Å²) in [6.07, 6.45) is 1.23. The van der Waals surface area contributed by atoms with E-state index in [1.807, 2.05) is 0 Å². The summed E-state index contributed by atoms with van der Waals surface area (Å²) in [6, 6.07) is 7.33. The molecule has 11 nitrogen and oxygen atoms in total. The zero-order valence-electron chi connectivity index (χ0n) is 13.7. The van der Waals surface area contributed by atoms with E-state index in [-0.39, 0.29) is 28.3 Å². The highest BCUT2D eigenvalue weighted by atomic mass is 16.6. The van der Waals surface area contributed by atoms with Gasteiger partial charge >= 0.3 is 5.88 Å². The summed E-state index contributed by atoms with van der Waals surface area (Å²) in [5.74, 6) is -2.06. The summed E-state index contributed by atoms with van der Waals surface area (Å²) in [4.78, 5) is 45.1. The fraction of sp³-hybridized carbons (Fsp3) is 0.0625. The summed E-state index contributed by atoms with van der Waals surface area (Å²) in [7, 11) is 0. The first-order chi connectivity index (χ1) is 12.8. The number of carbonyl (C=O) groups excluding carboxylic acids is 2. The van der Waals surface area contributed by atoms with Gasteiger partial charge in [-0.25, -0.2) is 0 Å². The van der Waals surface area contributed by atoms with Crippen LogP contribution in [-0.4, -0.2) is 32.4 Å². The van der Waals surface area contributed by atoms with Gasteiger partial charge in [0.1, 0.15) is 10.7 Å². The summed E-state index contributed by atoms with van der Waals surface area (Å²) in [5, 5.41) is 25.9. The minimum Gasteiger partial charge on any atom is -0.401 e. The third kappa shape index (κ3) is 3.33. The van der Waals surface area contributed by atoms with Gasteiger partial charge in [-0.3, -0.25) is 29.8 Å². The van der Waals surface area contributed by atoms with Crippen molar-refractivity contribution in [3.63, 3.8) is 0 Å². The number of rotatable bonds is 4. The van der Waals surface area contributed by atoms with Gasteiger partial charge in [-0.15, -0.1) is 0 Å². The Balaban J connectivity index is 1.89. The average molecular weight is 370 g/mol. The van der Waals surface area contributed by atoms with Gasteiger partial charge in [-0.1, -0.05) is 6.07 Å². The second-order valence-electron chi connectivity index (χ2n) is 5.41. The Morgan fingerprint density at radius 3 is 2.56 bits per heavy atom. The van der Waals surface area contributed by atoms with Crippen molar-refractivity contribution in [3.8, 4) is 0 Å². The van der Waals surface area contributed by atoms with Crippen molar-refractivity contribution < 1.29 is 23.9 Å². The number of benzene rings is 1. The molecule has 0 aliphatic carbocycles. The number of nitro groups is 2. The Bertz CT molecular complexity index is 1050. The maximum atomic E-state index is 12.5. The molecule has 0 bridgehead atoms. The van der Waals surface area contributed by atoms with Gasteiger partial charge in [-0.05, 0) is 25.1 Å². The number of amides is 2. The summed E-state index contributed by atoms with van der Waals surface area (Å²) < 4.78 is 4.97. The van der Waals surface area contributed by atoms with Crippen molar-refractivity contribution in [3.05, 3.63) is 73.5 Å². The van der Waals surface area contributed by atoms with Crippen molar-refractivity contribution in [1.82, 2.24) is 5.01 Å². The van der Waals surface area contributed by atoms with Crippen molar-refractivity contribution in [2.24, 2.45) is 5.10 Å². The number of hydrogen-bond donors (Lipinski definition) is 0. The molecule has 2 heterocycles. The number of non-ortho nitro benzene ring substituents is 1. The molecular formula is C16H10N4O7. The second kappa shape index (κ2) is 6.63. The Morgan fingerprint density at radius 2 is 1.93 bits per heavy atom. The standard InChI is InChI=1S/C16H10N4O7/c1-9-13(8-12-5-6-14(27-12)20(25)26)16(22)18(17-9)15(21)10-3-2-4-11(7-10)19(23)24/h2-8H,1H3/b13-8-. The smallest absolute Gasteiger partial charge is 0.401 e. The van der Waals surface area contributed by atoms with Gasteiger partial charge in [-0.2, -0.15) is 10.1 Å². The first-order valence-electron chi connectivity index (χ1n) is 7.42. The Hall–Kier alpha value is -4.15. The molecule has 2 amide bonds. The van der Waals surface area contributed by atoms with Crippen LogP contribution in [-0.2, 0) is 4.79 Å². The molecule has 1 aromatic heterocycles. The Labute approximate surface area is 150 Å². The molecule has 27 heavy (non-hydrogen) atoms. The minimum atomic E-state index is -0.836. The van der Waals surface area contributed by atoms with Crippen LogP contribution >= 0.6 is 0 Å². The molecule has 0 unspecified atom stereocenters. The number of carbonyl (C=O) groups is 2. The third-order valence-electron chi connectivity index (χ3n) is 3.64. The zero-order valence-corrected chi connectivity index (χ0v) is 13.7. The highest BCUT2D eigenvalue weighted by molar-refractivity contribution is 6.30. The molecule has 136 valence electrons. The molecule has 11 heteroatoms. The highest BCUT2D eigenvalue weighted by Gasteiger charge is 2.33. The number of nitrogens with zero attached hydrogens (tertiary/aromatic N) is 4. The molecule has 1 aliphatic rings. The fourth-order valence-corrected chi connectivity index (χ4v) is 2.36. The SMILES string of the molecule is CC1=NN(C(=O)c2cccc([N+](=O)[O-])c2)C(=O)/C1=C\c1ccc([N+](=O)[O-])o1. The first kappa shape index (κ1) is 17.7. The van der Waals surface area contributed by atoms with Crippen LogP contribution < -0.4 is 0 Å². The summed E-state index contributed by atoms with van der Waals surface area (Å²) in [6.45, 7) is 1.47. The minimum absolute atomic E-state index is 0.0121. The zero-order chi connectivity index (χ0) is 19.7. The van der Waals surface area contributed by atoms with Crippen molar-refractivity contribution in [2.45, 2.75) is 6.92 Å². The average Bonchev–Trinajstić information content (AvgIpc) is 3.21. The molecule has 0 spiro atoms. The molecule has 1 aromatic carbocycles. The monoisotopic (exact) mass is 370 g/mol. The molecule has 0 fully saturated rings. The lowest BCUT2D eigenvalue weighted by atomic mass is 10.1. The van der Waals surface area contributed by atoms with Gasteiger partial charge in [0.2, 0.25) is 0 Å². The van der Waals surface area contributed by atoms with E-state index in [9.17, 15) is 29.8 Å². The quantitative estimate of drug-likeness (QED) is 0.347. The van der Waals surface area contributed by atoms with Crippen LogP contribution in [0.4, 0.5) is 11.6 Å². The van der Waals surface area contributed by atoms with E-state index in [1.165, 1.54) is 37.3 Å². The molecule has 0 N–H and O–H groups in total. The van der Waals surface area contributed by atoms with Crippen LogP contribution in [0.25, 0.3) is 6.08 Å². The largest absolute Gasteiger partial charge is 0.433 e. The number of nitro benzene ring substituents is 1. The van der Waals surface area contributed by atoms with Gasteiger partial charge in [0.15, 0.2) is 0 Å². The van der Waals surface area contributed by atoms with E-state index in [0.29, 0.717) is 5.01 Å². The van der Waals surface area contributed by atoms with E-state index < -0.39 is 27.5 Å². The molecule has 2 aromatic rings. The van der Waals surface area contributed by atoms with Crippen LogP contribution in [0.1, 0.15) is 23.0 Å². The number of hydrazone groups is 1. The maximum Gasteiger partial charge on any atom is 0.433 e. The topological polar surface area (TPSA) is 149 Å². The van der Waals surface area contributed by atoms with Gasteiger partial charge < -0.3 is 4.42 Å². The van der Waals surface area contributed by atoms with Crippen LogP contribution in [0.3, 0.4) is 0 Å². The number of furan rings is 1. The van der Waals surface area contributed by atoms with Crippen molar-refractivity contribution in [1.29, 1.82) is 0 Å². The summed E-state index contributed by atoms with van der Waals surface area (Å²) in [5.41, 5.74) is -0.174. The molecule has 0 atom stereocenters. The fourth-order valence-electron chi connectivity index (χ4n) is 2.36. The van der Waals surface area contributed by atoms with Crippen molar-refractivity contribution >= 4 is 35.2 Å². The predicted octanol–water partition coefficient (Wildman–Crippen LogP) is 2.54. The predicted molar refractivity (Wildman–Crippen MR) is 90.7 cm³/mol. The maximum absolute atomic E-state index is 12.5. The second-order valence-corrected chi connectivity index (χ2v) is 5.41. The molecule has 0 saturated carbocycles. The lowest BCUT2D eigenvalue weighted by Crippen LogP contribution is -2.29. The molecule has 0 radical (unpaired) electrons. The third-order valence-corrected chi connectivity index (χ3v) is 3.64. The van der Waals surface area contributed by atoms with Gasteiger partial charge in [0.05, 0.1) is 22.3 Å². The molecule has 0 saturated heterocycles. The van der Waals surface area contributed by atoms with Gasteiger partial charge in [0, 0.05) is 17.7 Å². The van der Waals surface area contributed by atoms with E-state index in [0.717, 1.165) is 12.1 Å². The van der Waals surface area contributed by atoms with Gasteiger partial charge in [0.25, 0.3) is 17.5 Å². The van der Waals surface area contributed by atoms with Crippen LogP contribution in [0.5, 0.6) is 0 Å². The van der Waals surface area contributed by atoms with E-state index in [2.05, 4.69) is 5.10 Å². The lowest BCUT2D eigenvalue weighted by Gasteiger charge is -2.09. The number of imide groups is 1. The van der Waals surface area contributed by atoms with Crippen LogP contribution in [0.2, 0.25) is 0 Å². The molecular weight excluding hydrogens is 360 g/mol. The Kier molecular flexibility index (Phi) is 4.34. The van der Waals surface area contributed by atoms with Crippen LogP contribution in [0, 0.1) is 20.2 Å². The normalized spacial score (nSPS) is 15.1. The van der Waals surface area contributed by atoms with E-state index in [4.69, 9.17) is 4.42 Å². The highest BCUT2D eigenvalue weighted by Crippen LogP contribution is 2.24. The molecule has 3 rings (SSSR count). The summed E-state index contributed by atoms with van der Waals surface area (Å²) >= 11 is 0. The Morgan fingerprint density at radius 1 is 1.19 bits per heavy atom. The van der Waals surface area contributed by atoms with Crippen molar-refractivity contribution in [2.75, 3.05) is 0 Å². The van der Waals surface area contributed by atoms with Crippen LogP contribution in [0.15, 0.2) is 51.5 Å². The first-order valence-corrected chi connectivity index (χ1v) is 7.42. The molecule has 1 aliphatic heterocycles. The number of hydrogen-bond acceptors (Lipinski definition) is 8. The van der Waals surface area contributed by atoms with E-state index in [1.54, 1.807) is 0 Å². The van der Waals surface area contributed by atoms with E-state index >= 15 is 0 Å².